The number of amides is 1. The van der Waals surface area contributed by atoms with Crippen molar-refractivity contribution in [2.24, 2.45) is 0 Å². The fourth-order valence-corrected chi connectivity index (χ4v) is 2.59. The molecule has 0 fully saturated rings. The van der Waals surface area contributed by atoms with E-state index in [0.29, 0.717) is 22.9 Å². The number of fused-ring (bicyclic) bond motifs is 1. The Labute approximate surface area is 140 Å². The number of rotatable bonds is 4. The second kappa shape index (κ2) is 6.58. The number of nitrogens with zero attached hydrogens (tertiary/aromatic N) is 1. The van der Waals surface area contributed by atoms with Crippen molar-refractivity contribution in [2.45, 2.75) is 6.92 Å². The zero-order valence-electron chi connectivity index (χ0n) is 13.8. The van der Waals surface area contributed by atoms with Gasteiger partial charge in [-0.15, -0.1) is 0 Å². The summed E-state index contributed by atoms with van der Waals surface area (Å²) < 4.78 is 10.7. The molecule has 3 aromatic rings. The molecule has 1 aromatic heterocycles. The van der Waals surface area contributed by atoms with Crippen LogP contribution in [0.4, 0.5) is 5.82 Å². The van der Waals surface area contributed by atoms with Crippen molar-refractivity contribution >= 4 is 22.5 Å². The topological polar surface area (TPSA) is 60.5 Å². The van der Waals surface area contributed by atoms with Crippen molar-refractivity contribution in [3.05, 3.63) is 59.8 Å². The van der Waals surface area contributed by atoms with Crippen LogP contribution in [0.2, 0.25) is 0 Å². The van der Waals surface area contributed by atoms with Crippen LogP contribution in [0.3, 0.4) is 0 Å². The summed E-state index contributed by atoms with van der Waals surface area (Å²) in [6, 6.07) is 14.6. The Morgan fingerprint density at radius 3 is 2.33 bits per heavy atom. The van der Waals surface area contributed by atoms with Crippen LogP contribution in [-0.2, 0) is 0 Å². The number of pyridine rings is 1. The first-order chi connectivity index (χ1) is 11.6. The maximum Gasteiger partial charge on any atom is 0.256 e. The molecule has 1 N–H and O–H groups in total. The van der Waals surface area contributed by atoms with E-state index in [1.165, 1.54) is 0 Å². The minimum Gasteiger partial charge on any atom is -0.493 e. The Hall–Kier alpha value is -3.08. The first-order valence-corrected chi connectivity index (χ1v) is 7.52. The summed E-state index contributed by atoms with van der Waals surface area (Å²) in [4.78, 5) is 16.8. The number of nitrogens with one attached hydrogen (secondary N) is 1. The van der Waals surface area contributed by atoms with E-state index in [2.05, 4.69) is 10.3 Å². The molecule has 0 saturated heterocycles. The van der Waals surface area contributed by atoms with E-state index in [1.54, 1.807) is 26.4 Å². The van der Waals surface area contributed by atoms with Crippen LogP contribution in [0.5, 0.6) is 11.5 Å². The van der Waals surface area contributed by atoms with Gasteiger partial charge in [0.25, 0.3) is 5.91 Å². The Morgan fingerprint density at radius 1 is 1.00 bits per heavy atom. The number of methoxy groups -OCH3 is 2. The van der Waals surface area contributed by atoms with Crippen molar-refractivity contribution < 1.29 is 14.3 Å². The highest BCUT2D eigenvalue weighted by molar-refractivity contribution is 6.04. The summed E-state index contributed by atoms with van der Waals surface area (Å²) >= 11 is 0. The summed E-state index contributed by atoms with van der Waals surface area (Å²) in [6.45, 7) is 1.90. The highest BCUT2D eigenvalue weighted by Gasteiger charge is 2.12. The first kappa shape index (κ1) is 15.8. The zero-order chi connectivity index (χ0) is 17.1. The van der Waals surface area contributed by atoms with E-state index in [4.69, 9.17) is 9.47 Å². The third-order valence-electron chi connectivity index (χ3n) is 3.80. The average molecular weight is 322 g/mol. The van der Waals surface area contributed by atoms with Gasteiger partial charge in [-0.1, -0.05) is 18.2 Å². The fraction of sp³-hybridized carbons (Fsp3) is 0.158. The SMILES string of the molecule is COc1cc2cc(NC(=O)c3ccccc3)nc(C)c2cc1OC. The van der Waals surface area contributed by atoms with Gasteiger partial charge < -0.3 is 14.8 Å². The Kier molecular flexibility index (Phi) is 4.33. The molecule has 5 heteroatoms. The van der Waals surface area contributed by atoms with Gasteiger partial charge >= 0.3 is 0 Å². The second-order valence-electron chi connectivity index (χ2n) is 5.34. The molecule has 24 heavy (non-hydrogen) atoms. The van der Waals surface area contributed by atoms with E-state index >= 15 is 0 Å². The first-order valence-electron chi connectivity index (χ1n) is 7.52. The molecule has 0 unspecified atom stereocenters. The van der Waals surface area contributed by atoms with E-state index in [0.717, 1.165) is 16.5 Å². The van der Waals surface area contributed by atoms with E-state index in [-0.39, 0.29) is 5.91 Å². The van der Waals surface area contributed by atoms with Crippen LogP contribution < -0.4 is 14.8 Å². The molecule has 0 radical (unpaired) electrons. The minimum atomic E-state index is -0.192. The van der Waals surface area contributed by atoms with Crippen molar-refractivity contribution in [1.82, 2.24) is 4.98 Å². The Balaban J connectivity index is 1.99. The number of carbonyl (C=O) groups is 1. The van der Waals surface area contributed by atoms with Gasteiger partial charge in [-0.3, -0.25) is 4.79 Å². The predicted octanol–water partition coefficient (Wildman–Crippen LogP) is 3.81. The number of aryl methyl sites for hydroxylation is 1. The predicted molar refractivity (Wildman–Crippen MR) is 94.0 cm³/mol. The lowest BCUT2D eigenvalue weighted by Gasteiger charge is -2.12. The third kappa shape index (κ3) is 3.01. The molecule has 1 amide bonds. The quantitative estimate of drug-likeness (QED) is 0.793. The summed E-state index contributed by atoms with van der Waals surface area (Å²) in [5.41, 5.74) is 1.39. The average Bonchev–Trinajstić information content (AvgIpc) is 2.61. The zero-order valence-corrected chi connectivity index (χ0v) is 13.8. The molecule has 0 spiro atoms. The number of hydrogen-bond acceptors (Lipinski definition) is 4. The van der Waals surface area contributed by atoms with Gasteiger partial charge in [0.15, 0.2) is 11.5 Å². The molecule has 0 saturated carbocycles. The molecule has 1 heterocycles. The van der Waals surface area contributed by atoms with Gasteiger partial charge in [-0.2, -0.15) is 0 Å². The van der Waals surface area contributed by atoms with E-state index in [1.807, 2.05) is 43.3 Å². The molecule has 2 aromatic carbocycles. The molecule has 3 rings (SSSR count). The van der Waals surface area contributed by atoms with Crippen molar-refractivity contribution in [2.75, 3.05) is 19.5 Å². The Bertz CT molecular complexity index is 892. The number of anilines is 1. The number of hydrogen-bond donors (Lipinski definition) is 1. The van der Waals surface area contributed by atoms with Crippen molar-refractivity contribution in [1.29, 1.82) is 0 Å². The van der Waals surface area contributed by atoms with Gasteiger partial charge in [-0.05, 0) is 42.6 Å². The molecule has 0 bridgehead atoms. The summed E-state index contributed by atoms with van der Waals surface area (Å²) in [5.74, 6) is 1.59. The lowest BCUT2D eigenvalue weighted by molar-refractivity contribution is 0.102. The third-order valence-corrected chi connectivity index (χ3v) is 3.80. The Morgan fingerprint density at radius 2 is 1.67 bits per heavy atom. The molecular weight excluding hydrogens is 304 g/mol. The highest BCUT2D eigenvalue weighted by Crippen LogP contribution is 2.34. The van der Waals surface area contributed by atoms with E-state index < -0.39 is 0 Å². The van der Waals surface area contributed by atoms with Gasteiger partial charge in [0.1, 0.15) is 5.82 Å². The molecular formula is C19H18N2O3. The van der Waals surface area contributed by atoms with Crippen LogP contribution in [0.25, 0.3) is 10.8 Å². The van der Waals surface area contributed by atoms with Crippen molar-refractivity contribution in [3.63, 3.8) is 0 Å². The minimum absolute atomic E-state index is 0.192. The molecule has 0 aliphatic heterocycles. The lowest BCUT2D eigenvalue weighted by Crippen LogP contribution is -2.13. The largest absolute Gasteiger partial charge is 0.493 e. The number of benzene rings is 2. The van der Waals surface area contributed by atoms with Crippen LogP contribution >= 0.6 is 0 Å². The van der Waals surface area contributed by atoms with Crippen LogP contribution in [0.15, 0.2) is 48.5 Å². The van der Waals surface area contributed by atoms with Crippen LogP contribution in [0, 0.1) is 6.92 Å². The van der Waals surface area contributed by atoms with Gasteiger partial charge in [0.2, 0.25) is 0 Å². The van der Waals surface area contributed by atoms with Gasteiger partial charge in [0, 0.05) is 16.6 Å². The smallest absolute Gasteiger partial charge is 0.256 e. The molecule has 5 nitrogen and oxygen atoms in total. The summed E-state index contributed by atoms with van der Waals surface area (Å²) in [5, 5.41) is 4.70. The summed E-state index contributed by atoms with van der Waals surface area (Å²) in [7, 11) is 3.19. The fourth-order valence-electron chi connectivity index (χ4n) is 2.59. The molecule has 0 atom stereocenters. The maximum atomic E-state index is 12.3. The summed E-state index contributed by atoms with van der Waals surface area (Å²) in [6.07, 6.45) is 0. The maximum absolute atomic E-state index is 12.3. The molecule has 0 aliphatic carbocycles. The monoisotopic (exact) mass is 322 g/mol. The number of ether oxygens (including phenoxy) is 2. The van der Waals surface area contributed by atoms with Gasteiger partial charge in [0.05, 0.1) is 14.2 Å². The highest BCUT2D eigenvalue weighted by atomic mass is 16.5. The lowest BCUT2D eigenvalue weighted by atomic mass is 10.1. The second-order valence-corrected chi connectivity index (χ2v) is 5.34. The van der Waals surface area contributed by atoms with Gasteiger partial charge in [-0.25, -0.2) is 4.98 Å². The normalized spacial score (nSPS) is 10.5. The molecule has 122 valence electrons. The van der Waals surface area contributed by atoms with Crippen molar-refractivity contribution in [3.8, 4) is 11.5 Å². The number of carbonyl (C=O) groups excluding carboxylic acids is 1. The van der Waals surface area contributed by atoms with Crippen LogP contribution in [0.1, 0.15) is 16.1 Å². The number of aromatic nitrogens is 1. The van der Waals surface area contributed by atoms with Crippen LogP contribution in [-0.4, -0.2) is 25.1 Å². The van der Waals surface area contributed by atoms with E-state index in [9.17, 15) is 4.79 Å². The molecule has 0 aliphatic rings. The standard InChI is InChI=1S/C19H18N2O3/c1-12-15-11-17(24-3)16(23-2)9-14(15)10-18(20-12)21-19(22)13-7-5-4-6-8-13/h4-11H,1-3H3,(H,20,21,22).